The minimum atomic E-state index is -5.84. The third-order valence-electron chi connectivity index (χ3n) is 1.29. The van der Waals surface area contributed by atoms with E-state index in [1.807, 2.05) is 0 Å². The van der Waals surface area contributed by atoms with Gasteiger partial charge in [0, 0.05) is 0 Å². The molecule has 1 aromatic rings. The maximum atomic E-state index is 10.7. The first-order valence-electron chi connectivity index (χ1n) is 3.70. The van der Waals surface area contributed by atoms with Crippen molar-refractivity contribution in [3.63, 3.8) is 0 Å². The minimum Gasteiger partial charge on any atom is -0.504 e. The Morgan fingerprint density at radius 2 is 1.29 bits per heavy atom. The highest BCUT2D eigenvalue weighted by atomic mass is 32.2. The number of phenols is 3. The van der Waals surface area contributed by atoms with E-state index in [-0.39, 0.29) is 11.5 Å². The van der Waals surface area contributed by atoms with Gasteiger partial charge in [-0.15, -0.1) is 0 Å². The van der Waals surface area contributed by atoms with Crippen LogP contribution in [0.4, 0.5) is 13.2 Å². The number of benzene rings is 1. The molecule has 10 heteroatoms. The Kier molecular flexibility index (Phi) is 4.60. The number of aromatic hydroxyl groups is 3. The summed E-state index contributed by atoms with van der Waals surface area (Å²) in [7, 11) is -5.84. The molecule has 0 unspecified atom stereocenters. The maximum absolute atomic E-state index is 10.7. The second-order valence-corrected chi connectivity index (χ2v) is 3.98. The van der Waals surface area contributed by atoms with Gasteiger partial charge >= 0.3 is 15.6 Å². The molecule has 0 saturated heterocycles. The van der Waals surface area contributed by atoms with Crippen LogP contribution >= 0.6 is 0 Å². The summed E-state index contributed by atoms with van der Waals surface area (Å²) < 4.78 is 57.5. The summed E-state index contributed by atoms with van der Waals surface area (Å²) in [5, 5.41) is 26.1. The Balaban J connectivity index is 0.000000304. The third-order valence-corrected chi connectivity index (χ3v) is 1.87. The predicted molar refractivity (Wildman–Crippen MR) is 49.0 cm³/mol. The van der Waals surface area contributed by atoms with Gasteiger partial charge in [0.05, 0.1) is 0 Å². The first kappa shape index (κ1) is 15.3. The van der Waals surface area contributed by atoms with Crippen molar-refractivity contribution < 1.29 is 41.5 Å². The Morgan fingerprint density at radius 3 is 1.47 bits per heavy atom. The van der Waals surface area contributed by atoms with Gasteiger partial charge in [-0.05, 0) is 12.1 Å². The Morgan fingerprint density at radius 1 is 1.00 bits per heavy atom. The lowest BCUT2D eigenvalue weighted by Crippen LogP contribution is -2.21. The fourth-order valence-corrected chi connectivity index (χ4v) is 0.519. The van der Waals surface area contributed by atoms with Gasteiger partial charge in [-0.1, -0.05) is 6.07 Å². The lowest BCUT2D eigenvalue weighted by molar-refractivity contribution is -0.0510. The fourth-order valence-electron chi connectivity index (χ4n) is 0.519. The molecule has 98 valence electrons. The first-order valence-corrected chi connectivity index (χ1v) is 5.14. The minimum absolute atomic E-state index is 0.310. The standard InChI is InChI=1S/C6H6O3.CHF3O3S/c7-4-2-1-3-5(8)6(4)9;2-1(3,4)8(5,6)7/h1-3,7-9H;(H,5,6,7). The van der Waals surface area contributed by atoms with E-state index in [1.165, 1.54) is 18.2 Å². The van der Waals surface area contributed by atoms with E-state index in [0.29, 0.717) is 0 Å². The molecule has 0 aliphatic rings. The highest BCUT2D eigenvalue weighted by molar-refractivity contribution is 7.86. The van der Waals surface area contributed by atoms with Crippen LogP contribution in [0.25, 0.3) is 0 Å². The van der Waals surface area contributed by atoms with Crippen molar-refractivity contribution in [1.82, 2.24) is 0 Å². The molecular weight excluding hydrogens is 269 g/mol. The number of hydrogen-bond acceptors (Lipinski definition) is 5. The van der Waals surface area contributed by atoms with Gasteiger partial charge in [-0.2, -0.15) is 21.6 Å². The lowest BCUT2D eigenvalue weighted by Gasteiger charge is -1.97. The Labute approximate surface area is 93.3 Å². The average Bonchev–Trinajstić information content (AvgIpc) is 2.12. The summed E-state index contributed by atoms with van der Waals surface area (Å²) in [6, 6.07) is 4.01. The van der Waals surface area contributed by atoms with E-state index in [1.54, 1.807) is 0 Å². The van der Waals surface area contributed by atoms with E-state index < -0.39 is 21.4 Å². The molecule has 6 nitrogen and oxygen atoms in total. The molecule has 0 aliphatic heterocycles. The molecule has 0 aliphatic carbocycles. The molecule has 0 fully saturated rings. The van der Waals surface area contributed by atoms with Crippen LogP contribution in [0.2, 0.25) is 0 Å². The average molecular weight is 276 g/mol. The quantitative estimate of drug-likeness (QED) is 0.321. The van der Waals surface area contributed by atoms with Crippen molar-refractivity contribution in [2.24, 2.45) is 0 Å². The van der Waals surface area contributed by atoms with Crippen LogP contribution in [0, 0.1) is 0 Å². The van der Waals surface area contributed by atoms with Gasteiger partial charge in [0.2, 0.25) is 0 Å². The molecule has 1 aromatic carbocycles. The largest absolute Gasteiger partial charge is 0.522 e. The molecule has 1 rings (SSSR count). The van der Waals surface area contributed by atoms with Crippen LogP contribution in [0.15, 0.2) is 18.2 Å². The zero-order valence-corrected chi connectivity index (χ0v) is 8.70. The first-order chi connectivity index (χ1) is 7.47. The van der Waals surface area contributed by atoms with E-state index in [0.717, 1.165) is 0 Å². The van der Waals surface area contributed by atoms with Gasteiger partial charge in [0.15, 0.2) is 17.2 Å². The normalized spacial score (nSPS) is 11.5. The number of halogens is 3. The smallest absolute Gasteiger partial charge is 0.504 e. The maximum Gasteiger partial charge on any atom is 0.522 e. The highest BCUT2D eigenvalue weighted by Crippen LogP contribution is 2.32. The van der Waals surface area contributed by atoms with Crippen molar-refractivity contribution in [1.29, 1.82) is 0 Å². The zero-order valence-electron chi connectivity index (χ0n) is 7.88. The fraction of sp³-hybridized carbons (Fsp3) is 0.143. The Hall–Kier alpha value is -1.68. The number of para-hydroxylation sites is 1. The summed E-state index contributed by atoms with van der Waals surface area (Å²) in [6.07, 6.45) is 0. The topological polar surface area (TPSA) is 115 Å². The van der Waals surface area contributed by atoms with Crippen molar-refractivity contribution in [2.75, 3.05) is 0 Å². The molecule has 17 heavy (non-hydrogen) atoms. The van der Waals surface area contributed by atoms with Gasteiger partial charge in [-0.25, -0.2) is 0 Å². The number of phenolic OH excluding ortho intramolecular Hbond substituents is 3. The molecule has 0 spiro atoms. The summed E-state index contributed by atoms with van der Waals surface area (Å²) in [5.74, 6) is -1.09. The summed E-state index contributed by atoms with van der Waals surface area (Å²) in [4.78, 5) is 0. The molecule has 0 heterocycles. The van der Waals surface area contributed by atoms with Crippen molar-refractivity contribution in [3.8, 4) is 17.2 Å². The molecule has 0 bridgehead atoms. The van der Waals surface area contributed by atoms with E-state index in [2.05, 4.69) is 0 Å². The molecular formula is C7H7F3O6S. The zero-order chi connectivity index (χ0) is 13.9. The summed E-state index contributed by atoms with van der Waals surface area (Å²) in [5.41, 5.74) is -5.53. The molecule has 0 saturated carbocycles. The van der Waals surface area contributed by atoms with E-state index >= 15 is 0 Å². The van der Waals surface area contributed by atoms with Crippen LogP contribution in [-0.2, 0) is 10.1 Å². The van der Waals surface area contributed by atoms with Crippen molar-refractivity contribution in [2.45, 2.75) is 5.51 Å². The summed E-state index contributed by atoms with van der Waals surface area (Å²) in [6.45, 7) is 0. The molecule has 0 amide bonds. The molecule has 4 N–H and O–H groups in total. The lowest BCUT2D eigenvalue weighted by atomic mass is 10.3. The SMILES string of the molecule is O=S(=O)(O)C(F)(F)F.Oc1cccc(O)c1O. The molecule has 0 aromatic heterocycles. The molecule has 0 atom stereocenters. The predicted octanol–water partition coefficient (Wildman–Crippen LogP) is 1.20. The van der Waals surface area contributed by atoms with Crippen LogP contribution in [0.5, 0.6) is 17.2 Å². The monoisotopic (exact) mass is 276 g/mol. The summed E-state index contributed by atoms with van der Waals surface area (Å²) >= 11 is 0. The second kappa shape index (κ2) is 5.10. The molecule has 0 radical (unpaired) electrons. The van der Waals surface area contributed by atoms with Crippen LogP contribution in [-0.4, -0.2) is 33.8 Å². The van der Waals surface area contributed by atoms with Gasteiger partial charge in [0.1, 0.15) is 0 Å². The highest BCUT2D eigenvalue weighted by Gasteiger charge is 2.44. The van der Waals surface area contributed by atoms with Crippen LogP contribution in [0.3, 0.4) is 0 Å². The second-order valence-electron chi connectivity index (χ2n) is 2.57. The van der Waals surface area contributed by atoms with Crippen LogP contribution in [0.1, 0.15) is 0 Å². The van der Waals surface area contributed by atoms with Crippen LogP contribution < -0.4 is 0 Å². The van der Waals surface area contributed by atoms with E-state index in [9.17, 15) is 13.2 Å². The van der Waals surface area contributed by atoms with Gasteiger partial charge in [0.25, 0.3) is 0 Å². The number of alkyl halides is 3. The van der Waals surface area contributed by atoms with Crippen molar-refractivity contribution in [3.05, 3.63) is 18.2 Å². The van der Waals surface area contributed by atoms with Crippen molar-refractivity contribution >= 4 is 10.1 Å². The number of hydrogen-bond donors (Lipinski definition) is 4. The number of rotatable bonds is 0. The van der Waals surface area contributed by atoms with Gasteiger partial charge in [-0.3, -0.25) is 4.55 Å². The third kappa shape index (κ3) is 4.78. The Bertz CT molecular complexity index is 461. The van der Waals surface area contributed by atoms with Gasteiger partial charge < -0.3 is 15.3 Å². The van der Waals surface area contributed by atoms with E-state index in [4.69, 9.17) is 28.3 Å².